The Balaban J connectivity index is 2.12. The number of benzene rings is 2. The first-order chi connectivity index (χ1) is 9.47. The van der Waals surface area contributed by atoms with Crippen LogP contribution in [0.25, 0.3) is 0 Å². The Morgan fingerprint density at radius 1 is 0.950 bits per heavy atom. The molecule has 20 heavy (non-hydrogen) atoms. The Kier molecular flexibility index (Phi) is 4.46. The lowest BCUT2D eigenvalue weighted by atomic mass is 9.99. The van der Waals surface area contributed by atoms with Crippen LogP contribution >= 0.6 is 0 Å². The summed E-state index contributed by atoms with van der Waals surface area (Å²) in [7, 11) is 2.09. The van der Waals surface area contributed by atoms with Crippen LogP contribution < -0.4 is 10.6 Å². The molecule has 2 nitrogen and oxygen atoms in total. The van der Waals surface area contributed by atoms with Crippen molar-refractivity contribution in [3.05, 3.63) is 64.7 Å². The van der Waals surface area contributed by atoms with Crippen molar-refractivity contribution in [3.8, 4) is 0 Å². The van der Waals surface area contributed by atoms with E-state index in [1.165, 1.54) is 27.9 Å². The summed E-state index contributed by atoms with van der Waals surface area (Å²) < 4.78 is 0. The highest BCUT2D eigenvalue weighted by molar-refractivity contribution is 5.47. The molecule has 0 fully saturated rings. The summed E-state index contributed by atoms with van der Waals surface area (Å²) in [6.07, 6.45) is 0. The van der Waals surface area contributed by atoms with Gasteiger partial charge >= 0.3 is 0 Å². The molecule has 2 aromatic rings. The molecule has 0 spiro atoms. The molecule has 0 heterocycles. The lowest BCUT2D eigenvalue weighted by Crippen LogP contribution is -2.29. The maximum Gasteiger partial charge on any atom is 0.0475 e. The van der Waals surface area contributed by atoms with Gasteiger partial charge in [-0.05, 0) is 44.0 Å². The van der Waals surface area contributed by atoms with E-state index >= 15 is 0 Å². The molecule has 0 radical (unpaired) electrons. The molecule has 0 aromatic heterocycles. The van der Waals surface area contributed by atoms with E-state index in [0.29, 0.717) is 0 Å². The number of nitrogens with zero attached hydrogens (tertiary/aromatic N) is 1. The third kappa shape index (κ3) is 3.40. The summed E-state index contributed by atoms with van der Waals surface area (Å²) in [5.74, 6) is 0. The quantitative estimate of drug-likeness (QED) is 0.915. The van der Waals surface area contributed by atoms with Gasteiger partial charge in [0.25, 0.3) is 0 Å². The van der Waals surface area contributed by atoms with Gasteiger partial charge in [0.2, 0.25) is 0 Å². The second kappa shape index (κ2) is 6.10. The summed E-state index contributed by atoms with van der Waals surface area (Å²) in [5, 5.41) is 0. The maximum atomic E-state index is 6.39. The highest BCUT2D eigenvalue weighted by atomic mass is 15.1. The van der Waals surface area contributed by atoms with Gasteiger partial charge in [-0.3, -0.25) is 0 Å². The van der Waals surface area contributed by atoms with Crippen LogP contribution in [0.4, 0.5) is 5.69 Å². The zero-order chi connectivity index (χ0) is 14.7. The second-order valence-electron chi connectivity index (χ2n) is 5.68. The molecule has 0 aliphatic rings. The van der Waals surface area contributed by atoms with Gasteiger partial charge in [-0.2, -0.15) is 0 Å². The van der Waals surface area contributed by atoms with Crippen LogP contribution in [-0.4, -0.2) is 13.6 Å². The lowest BCUT2D eigenvalue weighted by Gasteiger charge is -2.25. The minimum absolute atomic E-state index is 0.0289. The van der Waals surface area contributed by atoms with Gasteiger partial charge < -0.3 is 10.6 Å². The van der Waals surface area contributed by atoms with Crippen molar-refractivity contribution in [2.75, 3.05) is 18.5 Å². The van der Waals surface area contributed by atoms with Gasteiger partial charge in [0.15, 0.2) is 0 Å². The largest absolute Gasteiger partial charge is 0.373 e. The van der Waals surface area contributed by atoms with Crippen molar-refractivity contribution in [2.24, 2.45) is 5.73 Å². The topological polar surface area (TPSA) is 29.3 Å². The van der Waals surface area contributed by atoms with Gasteiger partial charge in [-0.25, -0.2) is 0 Å². The molecule has 1 unspecified atom stereocenters. The Labute approximate surface area is 122 Å². The third-order valence-corrected chi connectivity index (χ3v) is 3.78. The first kappa shape index (κ1) is 14.6. The number of likely N-dealkylation sites (N-methyl/N-ethyl adjacent to an activating group) is 1. The first-order valence-electron chi connectivity index (χ1n) is 7.08. The molecule has 0 aliphatic carbocycles. The van der Waals surface area contributed by atoms with Crippen LogP contribution in [0.15, 0.2) is 42.5 Å². The van der Waals surface area contributed by atoms with Crippen molar-refractivity contribution in [3.63, 3.8) is 0 Å². The molecule has 2 rings (SSSR count). The van der Waals surface area contributed by atoms with Crippen LogP contribution in [-0.2, 0) is 0 Å². The summed E-state index contributed by atoms with van der Waals surface area (Å²) in [4.78, 5) is 2.21. The number of rotatable bonds is 4. The molecule has 2 aromatic carbocycles. The van der Waals surface area contributed by atoms with Crippen LogP contribution in [0.2, 0.25) is 0 Å². The van der Waals surface area contributed by atoms with Crippen LogP contribution in [0.3, 0.4) is 0 Å². The first-order valence-corrected chi connectivity index (χ1v) is 7.08. The number of aryl methyl sites for hydroxylation is 3. The Hall–Kier alpha value is -1.80. The summed E-state index contributed by atoms with van der Waals surface area (Å²) >= 11 is 0. The molecule has 2 N–H and O–H groups in total. The number of anilines is 1. The van der Waals surface area contributed by atoms with E-state index in [4.69, 9.17) is 5.73 Å². The molecule has 0 saturated heterocycles. The van der Waals surface area contributed by atoms with Crippen LogP contribution in [0.1, 0.15) is 28.3 Å². The smallest absolute Gasteiger partial charge is 0.0475 e. The van der Waals surface area contributed by atoms with Gasteiger partial charge in [0.05, 0.1) is 0 Å². The minimum atomic E-state index is 0.0289. The molecular weight excluding hydrogens is 244 g/mol. The Bertz CT molecular complexity index is 572. The SMILES string of the molecule is Cc1ccc(N(C)CC(N)c2cc(C)ccc2C)cc1. The highest BCUT2D eigenvalue weighted by Crippen LogP contribution is 2.21. The summed E-state index contributed by atoms with van der Waals surface area (Å²) in [6.45, 7) is 7.15. The number of hydrogen-bond donors (Lipinski definition) is 1. The van der Waals surface area contributed by atoms with Crippen LogP contribution in [0, 0.1) is 20.8 Å². The molecule has 106 valence electrons. The second-order valence-corrected chi connectivity index (χ2v) is 5.68. The summed E-state index contributed by atoms with van der Waals surface area (Å²) in [6, 6.07) is 15.1. The minimum Gasteiger partial charge on any atom is -0.373 e. The van der Waals surface area contributed by atoms with Crippen LogP contribution in [0.5, 0.6) is 0 Å². The van der Waals surface area contributed by atoms with Gasteiger partial charge in [-0.1, -0.05) is 41.5 Å². The van der Waals surface area contributed by atoms with E-state index in [0.717, 1.165) is 6.54 Å². The molecule has 0 saturated carbocycles. The predicted molar refractivity (Wildman–Crippen MR) is 87.3 cm³/mol. The zero-order valence-corrected chi connectivity index (χ0v) is 12.9. The van der Waals surface area contributed by atoms with Crippen molar-refractivity contribution >= 4 is 5.69 Å². The van der Waals surface area contributed by atoms with E-state index in [1.54, 1.807) is 0 Å². The monoisotopic (exact) mass is 268 g/mol. The van der Waals surface area contributed by atoms with E-state index in [9.17, 15) is 0 Å². The molecule has 0 bridgehead atoms. The van der Waals surface area contributed by atoms with Crippen molar-refractivity contribution < 1.29 is 0 Å². The number of hydrogen-bond acceptors (Lipinski definition) is 2. The standard InChI is InChI=1S/C18H24N2/c1-13-6-9-16(10-7-13)20(4)12-18(19)17-11-14(2)5-8-15(17)3/h5-11,18H,12,19H2,1-4H3. The molecule has 0 aliphatic heterocycles. The van der Waals surface area contributed by atoms with E-state index < -0.39 is 0 Å². The molecule has 1 atom stereocenters. The molecule has 0 amide bonds. The highest BCUT2D eigenvalue weighted by Gasteiger charge is 2.12. The van der Waals surface area contributed by atoms with Gasteiger partial charge in [-0.15, -0.1) is 0 Å². The third-order valence-electron chi connectivity index (χ3n) is 3.78. The maximum absolute atomic E-state index is 6.39. The zero-order valence-electron chi connectivity index (χ0n) is 12.9. The van der Waals surface area contributed by atoms with Crippen molar-refractivity contribution in [2.45, 2.75) is 26.8 Å². The Morgan fingerprint density at radius 3 is 2.20 bits per heavy atom. The fourth-order valence-electron chi connectivity index (χ4n) is 2.46. The summed E-state index contributed by atoms with van der Waals surface area (Å²) in [5.41, 5.74) is 12.6. The fourth-order valence-corrected chi connectivity index (χ4v) is 2.46. The average Bonchev–Trinajstić information content (AvgIpc) is 2.42. The Morgan fingerprint density at radius 2 is 1.55 bits per heavy atom. The molecular formula is C18H24N2. The lowest BCUT2D eigenvalue weighted by molar-refractivity contribution is 0.698. The van der Waals surface area contributed by atoms with Crippen molar-refractivity contribution in [1.29, 1.82) is 0 Å². The molecule has 2 heteroatoms. The average molecular weight is 268 g/mol. The van der Waals surface area contributed by atoms with Gasteiger partial charge in [0, 0.05) is 25.3 Å². The normalized spacial score (nSPS) is 12.2. The fraction of sp³-hybridized carbons (Fsp3) is 0.333. The van der Waals surface area contributed by atoms with E-state index in [-0.39, 0.29) is 6.04 Å². The van der Waals surface area contributed by atoms with E-state index in [1.807, 2.05) is 0 Å². The van der Waals surface area contributed by atoms with E-state index in [2.05, 4.69) is 75.2 Å². The van der Waals surface area contributed by atoms with Crippen molar-refractivity contribution in [1.82, 2.24) is 0 Å². The predicted octanol–water partition coefficient (Wildman–Crippen LogP) is 3.75. The number of nitrogens with two attached hydrogens (primary N) is 1. The van der Waals surface area contributed by atoms with Gasteiger partial charge in [0.1, 0.15) is 0 Å².